The monoisotopic (exact) mass is 297 g/mol. The maximum absolute atomic E-state index is 13.2. The van der Waals surface area contributed by atoms with Gasteiger partial charge >= 0.3 is 6.18 Å². The van der Waals surface area contributed by atoms with E-state index in [-0.39, 0.29) is 12.0 Å². The Hall–Kier alpha value is -2.37. The molecule has 21 heavy (non-hydrogen) atoms. The maximum Gasteiger partial charge on any atom is 0.417 e. The Kier molecular flexibility index (Phi) is 3.97. The Morgan fingerprint density at radius 2 is 1.71 bits per heavy atom. The van der Waals surface area contributed by atoms with Crippen LogP contribution in [0.25, 0.3) is 0 Å². The molecule has 0 aliphatic heterocycles. The molecule has 0 radical (unpaired) electrons. The summed E-state index contributed by atoms with van der Waals surface area (Å²) in [6, 6.07) is 8.84. The second kappa shape index (κ2) is 5.55. The Labute approximate surface area is 118 Å². The fraction of sp³-hybridized carbons (Fsp3) is 0.133. The normalized spacial score (nSPS) is 11.3. The number of carbonyl (C=O) groups is 1. The van der Waals surface area contributed by atoms with Gasteiger partial charge in [-0.25, -0.2) is 4.39 Å². The summed E-state index contributed by atoms with van der Waals surface area (Å²) in [6.07, 6.45) is -4.47. The molecule has 2 rings (SSSR count). The summed E-state index contributed by atoms with van der Waals surface area (Å²) in [5.41, 5.74) is -0.836. The number of aldehydes is 1. The first-order valence-corrected chi connectivity index (χ1v) is 5.98. The van der Waals surface area contributed by atoms with Gasteiger partial charge in [-0.2, -0.15) is 13.2 Å². The van der Waals surface area contributed by atoms with Gasteiger partial charge in [-0.05, 0) is 36.4 Å². The lowest BCUT2D eigenvalue weighted by atomic mass is 10.1. The molecule has 0 N–H and O–H groups in total. The van der Waals surface area contributed by atoms with Crippen LogP contribution in [0.1, 0.15) is 15.9 Å². The first-order chi connectivity index (χ1) is 9.82. The number of halogens is 4. The van der Waals surface area contributed by atoms with Crippen LogP contribution in [0.3, 0.4) is 0 Å². The van der Waals surface area contributed by atoms with Gasteiger partial charge in [0, 0.05) is 24.0 Å². The third-order valence-electron chi connectivity index (χ3n) is 3.05. The number of hydrogen-bond acceptors (Lipinski definition) is 2. The molecule has 110 valence electrons. The number of nitrogens with zero attached hydrogens (tertiary/aromatic N) is 1. The topological polar surface area (TPSA) is 20.3 Å². The van der Waals surface area contributed by atoms with Crippen LogP contribution in [-0.2, 0) is 6.18 Å². The van der Waals surface area contributed by atoms with E-state index < -0.39 is 23.1 Å². The van der Waals surface area contributed by atoms with Crippen molar-refractivity contribution >= 4 is 17.7 Å². The van der Waals surface area contributed by atoms with E-state index in [0.29, 0.717) is 5.69 Å². The molecule has 0 atom stereocenters. The summed E-state index contributed by atoms with van der Waals surface area (Å²) in [4.78, 5) is 12.1. The summed E-state index contributed by atoms with van der Waals surface area (Å²) >= 11 is 0. The van der Waals surface area contributed by atoms with Gasteiger partial charge in [0.15, 0.2) is 6.29 Å². The largest absolute Gasteiger partial charge is 0.417 e. The molecule has 2 nitrogen and oxygen atoms in total. The van der Waals surface area contributed by atoms with Gasteiger partial charge in [-0.3, -0.25) is 4.79 Å². The van der Waals surface area contributed by atoms with Crippen LogP contribution in [0.5, 0.6) is 0 Å². The van der Waals surface area contributed by atoms with Crippen LogP contribution in [0.2, 0.25) is 0 Å². The average Bonchev–Trinajstić information content (AvgIpc) is 2.45. The number of hydrogen-bond donors (Lipinski definition) is 0. The zero-order valence-electron chi connectivity index (χ0n) is 11.0. The van der Waals surface area contributed by atoms with E-state index in [1.54, 1.807) is 6.07 Å². The highest BCUT2D eigenvalue weighted by Gasteiger charge is 2.33. The van der Waals surface area contributed by atoms with Crippen molar-refractivity contribution in [3.8, 4) is 0 Å². The number of alkyl halides is 3. The van der Waals surface area contributed by atoms with Crippen molar-refractivity contribution in [1.29, 1.82) is 0 Å². The van der Waals surface area contributed by atoms with E-state index in [4.69, 9.17) is 0 Å². The van der Waals surface area contributed by atoms with Crippen LogP contribution in [-0.4, -0.2) is 13.3 Å². The third kappa shape index (κ3) is 3.21. The van der Waals surface area contributed by atoms with E-state index in [0.717, 1.165) is 12.1 Å². The minimum absolute atomic E-state index is 0.161. The lowest BCUT2D eigenvalue weighted by Gasteiger charge is -2.21. The first-order valence-electron chi connectivity index (χ1n) is 5.98. The fourth-order valence-electron chi connectivity index (χ4n) is 1.93. The van der Waals surface area contributed by atoms with Crippen molar-refractivity contribution in [3.05, 3.63) is 59.4 Å². The first kappa shape index (κ1) is 15.0. The summed E-state index contributed by atoms with van der Waals surface area (Å²) in [7, 11) is 1.52. The Bertz CT molecular complexity index is 667. The SMILES string of the molecule is CN(c1cccc(F)c1)c1ccc(C=O)c(C(F)(F)F)c1. The summed E-state index contributed by atoms with van der Waals surface area (Å²) in [5.74, 6) is -0.486. The molecule has 0 saturated heterocycles. The summed E-state index contributed by atoms with van der Waals surface area (Å²) < 4.78 is 51.9. The molecule has 0 aliphatic carbocycles. The van der Waals surface area contributed by atoms with E-state index in [1.807, 2.05) is 0 Å². The van der Waals surface area contributed by atoms with Gasteiger partial charge in [-0.1, -0.05) is 6.07 Å². The molecule has 0 unspecified atom stereocenters. The van der Waals surface area contributed by atoms with Crippen LogP contribution in [0, 0.1) is 5.82 Å². The molecule has 0 saturated carbocycles. The predicted molar refractivity (Wildman–Crippen MR) is 71.3 cm³/mol. The quantitative estimate of drug-likeness (QED) is 0.617. The molecule has 0 aromatic heterocycles. The second-order valence-corrected chi connectivity index (χ2v) is 4.43. The minimum Gasteiger partial charge on any atom is -0.345 e. The number of rotatable bonds is 3. The van der Waals surface area contributed by atoms with E-state index in [2.05, 4.69) is 0 Å². The molecule has 0 amide bonds. The van der Waals surface area contributed by atoms with Crippen molar-refractivity contribution in [2.75, 3.05) is 11.9 Å². The zero-order chi connectivity index (χ0) is 15.6. The number of carbonyl (C=O) groups excluding carboxylic acids is 1. The van der Waals surface area contributed by atoms with Gasteiger partial charge in [0.2, 0.25) is 0 Å². The van der Waals surface area contributed by atoms with Gasteiger partial charge in [0.25, 0.3) is 0 Å². The summed E-state index contributed by atoms with van der Waals surface area (Å²) in [5, 5.41) is 0. The minimum atomic E-state index is -4.63. The highest BCUT2D eigenvalue weighted by atomic mass is 19.4. The average molecular weight is 297 g/mol. The molecule has 2 aromatic rings. The molecule has 2 aromatic carbocycles. The maximum atomic E-state index is 13.2. The number of benzene rings is 2. The molecule has 0 spiro atoms. The van der Waals surface area contributed by atoms with Crippen LogP contribution in [0.15, 0.2) is 42.5 Å². The lowest BCUT2D eigenvalue weighted by Crippen LogP contribution is -2.14. The van der Waals surface area contributed by atoms with Gasteiger partial charge in [0.05, 0.1) is 5.56 Å². The van der Waals surface area contributed by atoms with Crippen LogP contribution >= 0.6 is 0 Å². The zero-order valence-corrected chi connectivity index (χ0v) is 11.0. The number of anilines is 2. The van der Waals surface area contributed by atoms with Gasteiger partial charge in [-0.15, -0.1) is 0 Å². The second-order valence-electron chi connectivity index (χ2n) is 4.43. The standard InChI is InChI=1S/C15H11F4NO/c1-20(12-4-2-3-11(16)7-12)13-6-5-10(9-21)14(8-13)15(17,18)19/h2-9H,1H3. The molecular weight excluding hydrogens is 286 g/mol. The lowest BCUT2D eigenvalue weighted by molar-refractivity contribution is -0.137. The van der Waals surface area contributed by atoms with Crippen molar-refractivity contribution < 1.29 is 22.4 Å². The van der Waals surface area contributed by atoms with Gasteiger partial charge in [0.1, 0.15) is 5.82 Å². The highest BCUT2D eigenvalue weighted by molar-refractivity contribution is 5.79. The smallest absolute Gasteiger partial charge is 0.345 e. The Morgan fingerprint density at radius 1 is 1.05 bits per heavy atom. The molecule has 0 bridgehead atoms. The molecule has 0 heterocycles. The van der Waals surface area contributed by atoms with Crippen molar-refractivity contribution in [2.45, 2.75) is 6.18 Å². The third-order valence-corrected chi connectivity index (χ3v) is 3.05. The molecule has 0 aliphatic rings. The van der Waals surface area contributed by atoms with Crippen LogP contribution < -0.4 is 4.90 Å². The molecule has 0 fully saturated rings. The van der Waals surface area contributed by atoms with Crippen molar-refractivity contribution in [1.82, 2.24) is 0 Å². The van der Waals surface area contributed by atoms with Crippen LogP contribution in [0.4, 0.5) is 28.9 Å². The molecule has 6 heteroatoms. The molecular formula is C15H11F4NO. The van der Waals surface area contributed by atoms with Crippen molar-refractivity contribution in [2.24, 2.45) is 0 Å². The predicted octanol–water partition coefficient (Wildman–Crippen LogP) is 4.42. The van der Waals surface area contributed by atoms with Crippen molar-refractivity contribution in [3.63, 3.8) is 0 Å². The van der Waals surface area contributed by atoms with E-state index in [1.165, 1.54) is 36.2 Å². The summed E-state index contributed by atoms with van der Waals surface area (Å²) in [6.45, 7) is 0. The highest BCUT2D eigenvalue weighted by Crippen LogP contribution is 2.35. The fourth-order valence-corrected chi connectivity index (χ4v) is 1.93. The Morgan fingerprint density at radius 3 is 2.29 bits per heavy atom. The van der Waals surface area contributed by atoms with E-state index in [9.17, 15) is 22.4 Å². The van der Waals surface area contributed by atoms with E-state index >= 15 is 0 Å². The van der Waals surface area contributed by atoms with Gasteiger partial charge < -0.3 is 4.90 Å². The Balaban J connectivity index is 2.47.